The van der Waals surface area contributed by atoms with Crippen LogP contribution in [0.25, 0.3) is 0 Å². The third-order valence-electron chi connectivity index (χ3n) is 3.73. The average Bonchev–Trinajstić information content (AvgIpc) is 2.67. The fourth-order valence-electron chi connectivity index (χ4n) is 2.46. The van der Waals surface area contributed by atoms with E-state index in [2.05, 4.69) is 15.3 Å². The van der Waals surface area contributed by atoms with Gasteiger partial charge in [-0.15, -0.1) is 0 Å². The third kappa shape index (κ3) is 3.95. The second kappa shape index (κ2) is 8.17. The van der Waals surface area contributed by atoms with Gasteiger partial charge in [0.1, 0.15) is 5.69 Å². The minimum Gasteiger partial charge on any atom is -0.325 e. The van der Waals surface area contributed by atoms with Crippen LogP contribution in [0.5, 0.6) is 0 Å². The first-order valence-corrected chi connectivity index (χ1v) is 8.75. The maximum Gasteiger partial charge on any atom is 0.275 e. The predicted octanol–water partition coefficient (Wildman–Crippen LogP) is 5.19. The molecule has 132 valence electrons. The molecule has 1 heterocycles. The first-order chi connectivity index (χ1) is 12.6. The highest BCUT2D eigenvalue weighted by atomic mass is 35.5. The van der Waals surface area contributed by atoms with Gasteiger partial charge in [-0.05, 0) is 31.2 Å². The highest BCUT2D eigenvalue weighted by Crippen LogP contribution is 2.30. The van der Waals surface area contributed by atoms with Crippen LogP contribution in [0.2, 0.25) is 10.0 Å². The summed E-state index contributed by atoms with van der Waals surface area (Å²) in [5, 5.41) is 3.39. The summed E-state index contributed by atoms with van der Waals surface area (Å²) in [5.41, 5.74) is 1.53. The zero-order valence-electron chi connectivity index (χ0n) is 14.0. The molecule has 0 aliphatic rings. The van der Waals surface area contributed by atoms with E-state index in [9.17, 15) is 4.79 Å². The van der Waals surface area contributed by atoms with Crippen LogP contribution in [0.3, 0.4) is 0 Å². The lowest BCUT2D eigenvalue weighted by molar-refractivity contribution is 0.102. The molecule has 0 saturated heterocycles. The number of hydrogen-bond acceptors (Lipinski definition) is 4. The molecule has 3 aromatic rings. The van der Waals surface area contributed by atoms with Gasteiger partial charge in [-0.1, -0.05) is 47.5 Å². The minimum absolute atomic E-state index is 0.175. The maximum atomic E-state index is 12.4. The molecule has 2 aromatic carbocycles. The van der Waals surface area contributed by atoms with Gasteiger partial charge in [-0.3, -0.25) is 4.79 Å². The molecule has 0 spiro atoms. The summed E-state index contributed by atoms with van der Waals surface area (Å²) in [6.07, 6.45) is 3.00. The van der Waals surface area contributed by atoms with E-state index in [4.69, 9.17) is 23.2 Å². The van der Waals surface area contributed by atoms with E-state index in [1.54, 1.807) is 24.4 Å². The Balaban J connectivity index is 1.80. The summed E-state index contributed by atoms with van der Waals surface area (Å²) < 4.78 is 0. The van der Waals surface area contributed by atoms with Crippen LogP contribution in [-0.2, 0) is 0 Å². The molecule has 0 atom stereocenters. The number of rotatable bonds is 5. The molecule has 5 nitrogen and oxygen atoms in total. The smallest absolute Gasteiger partial charge is 0.275 e. The molecule has 0 saturated carbocycles. The second-order valence-corrected chi connectivity index (χ2v) is 6.20. The molecule has 1 amide bonds. The lowest BCUT2D eigenvalue weighted by Crippen LogP contribution is -2.19. The third-order valence-corrected chi connectivity index (χ3v) is 4.36. The fourth-order valence-corrected chi connectivity index (χ4v) is 2.95. The average molecular weight is 387 g/mol. The molecule has 7 heteroatoms. The topological polar surface area (TPSA) is 58.1 Å². The van der Waals surface area contributed by atoms with Crippen molar-refractivity contribution in [3.8, 4) is 0 Å². The summed E-state index contributed by atoms with van der Waals surface area (Å²) >= 11 is 12.1. The van der Waals surface area contributed by atoms with Crippen molar-refractivity contribution in [3.63, 3.8) is 0 Å². The molecule has 3 rings (SSSR count). The number of carbonyl (C=O) groups is 1. The van der Waals surface area contributed by atoms with Crippen molar-refractivity contribution in [2.24, 2.45) is 0 Å². The van der Waals surface area contributed by atoms with E-state index in [-0.39, 0.29) is 5.69 Å². The van der Waals surface area contributed by atoms with E-state index in [1.165, 1.54) is 6.20 Å². The van der Waals surface area contributed by atoms with Gasteiger partial charge in [0.2, 0.25) is 0 Å². The molecule has 0 unspecified atom stereocenters. The number of aromatic nitrogens is 2. The lowest BCUT2D eigenvalue weighted by atomic mass is 10.3. The molecular weight excluding hydrogens is 371 g/mol. The second-order valence-electron chi connectivity index (χ2n) is 5.39. The Morgan fingerprint density at radius 2 is 1.69 bits per heavy atom. The number of para-hydroxylation sites is 2. The van der Waals surface area contributed by atoms with E-state index in [0.29, 0.717) is 21.6 Å². The number of nitrogens with zero attached hydrogens (tertiary/aromatic N) is 3. The number of hydrogen-bond donors (Lipinski definition) is 1. The molecule has 0 fully saturated rings. The Labute approximate surface area is 161 Å². The van der Waals surface area contributed by atoms with Crippen molar-refractivity contribution in [2.45, 2.75) is 6.92 Å². The summed E-state index contributed by atoms with van der Waals surface area (Å²) in [6, 6.07) is 14.9. The zero-order chi connectivity index (χ0) is 18.5. The Kier molecular flexibility index (Phi) is 5.71. The van der Waals surface area contributed by atoms with E-state index in [1.807, 2.05) is 42.2 Å². The first-order valence-electron chi connectivity index (χ1n) is 8.00. The van der Waals surface area contributed by atoms with Crippen LogP contribution in [0.4, 0.5) is 17.2 Å². The standard InChI is InChI=1S/C19H16Cl2N4O/c1-2-25(13-7-4-3-5-8-13)17-12-22-16(11-23-17)19(26)24-18-14(20)9-6-10-15(18)21/h3-12H,2H2,1H3,(H,24,26). The largest absolute Gasteiger partial charge is 0.325 e. The van der Waals surface area contributed by atoms with Crippen molar-refractivity contribution in [3.05, 3.63) is 76.7 Å². The van der Waals surface area contributed by atoms with E-state index in [0.717, 1.165) is 12.2 Å². The number of anilines is 3. The lowest BCUT2D eigenvalue weighted by Gasteiger charge is -2.21. The minimum atomic E-state index is -0.429. The molecule has 26 heavy (non-hydrogen) atoms. The molecule has 0 aliphatic heterocycles. The van der Waals surface area contributed by atoms with Gasteiger partial charge >= 0.3 is 0 Å². The number of amides is 1. The van der Waals surface area contributed by atoms with Gasteiger partial charge in [0, 0.05) is 12.2 Å². The predicted molar refractivity (Wildman–Crippen MR) is 106 cm³/mol. The van der Waals surface area contributed by atoms with Crippen LogP contribution in [0.1, 0.15) is 17.4 Å². The summed E-state index contributed by atoms with van der Waals surface area (Å²) in [4.78, 5) is 23.0. The Morgan fingerprint density at radius 3 is 2.27 bits per heavy atom. The fraction of sp³-hybridized carbons (Fsp3) is 0.105. The SMILES string of the molecule is CCN(c1ccccc1)c1cnc(C(=O)Nc2c(Cl)cccc2Cl)cn1. The van der Waals surface area contributed by atoms with Crippen LogP contribution in [0.15, 0.2) is 60.9 Å². The molecule has 0 aliphatic carbocycles. The quantitative estimate of drug-likeness (QED) is 0.654. The van der Waals surface area contributed by atoms with Gasteiger partial charge in [0.05, 0.1) is 28.1 Å². The summed E-state index contributed by atoms with van der Waals surface area (Å²) in [7, 11) is 0. The number of nitrogens with one attached hydrogen (secondary N) is 1. The molecular formula is C19H16Cl2N4O. The number of benzene rings is 2. The Hall–Kier alpha value is -2.63. The normalized spacial score (nSPS) is 10.4. The van der Waals surface area contributed by atoms with Crippen molar-refractivity contribution in [1.29, 1.82) is 0 Å². The van der Waals surface area contributed by atoms with Crippen LogP contribution >= 0.6 is 23.2 Å². The van der Waals surface area contributed by atoms with Crippen LogP contribution < -0.4 is 10.2 Å². The van der Waals surface area contributed by atoms with Crippen molar-refractivity contribution in [1.82, 2.24) is 9.97 Å². The van der Waals surface area contributed by atoms with Crippen molar-refractivity contribution < 1.29 is 4.79 Å². The summed E-state index contributed by atoms with van der Waals surface area (Å²) in [5.74, 6) is 0.229. The van der Waals surface area contributed by atoms with Gasteiger partial charge < -0.3 is 10.2 Å². The van der Waals surface area contributed by atoms with Crippen molar-refractivity contribution >= 4 is 46.3 Å². The van der Waals surface area contributed by atoms with Gasteiger partial charge in [-0.25, -0.2) is 9.97 Å². The van der Waals surface area contributed by atoms with Gasteiger partial charge in [0.25, 0.3) is 5.91 Å². The molecule has 0 radical (unpaired) electrons. The molecule has 0 bridgehead atoms. The number of carbonyl (C=O) groups excluding carboxylic acids is 1. The van der Waals surface area contributed by atoms with E-state index < -0.39 is 5.91 Å². The van der Waals surface area contributed by atoms with E-state index >= 15 is 0 Å². The highest BCUT2D eigenvalue weighted by Gasteiger charge is 2.14. The Bertz CT molecular complexity index is 881. The Morgan fingerprint density at radius 1 is 1.00 bits per heavy atom. The van der Waals surface area contributed by atoms with Crippen LogP contribution in [-0.4, -0.2) is 22.4 Å². The summed E-state index contributed by atoms with van der Waals surface area (Å²) in [6.45, 7) is 2.74. The van der Waals surface area contributed by atoms with Gasteiger partial charge in [0.15, 0.2) is 5.82 Å². The molecule has 1 aromatic heterocycles. The number of halogens is 2. The van der Waals surface area contributed by atoms with Crippen molar-refractivity contribution in [2.75, 3.05) is 16.8 Å². The maximum absolute atomic E-state index is 12.4. The highest BCUT2D eigenvalue weighted by molar-refractivity contribution is 6.39. The van der Waals surface area contributed by atoms with Crippen LogP contribution in [0, 0.1) is 0 Å². The monoisotopic (exact) mass is 386 g/mol. The molecule has 1 N–H and O–H groups in total. The van der Waals surface area contributed by atoms with Gasteiger partial charge in [-0.2, -0.15) is 0 Å². The first kappa shape index (κ1) is 18.2. The zero-order valence-corrected chi connectivity index (χ0v) is 15.5.